The SMILES string of the molecule is C=CCCc1ccc(/C=C/C(=O)OC)cc1. The number of hydrogen-bond acceptors (Lipinski definition) is 2. The molecular formula is C14H16O2. The molecule has 0 heterocycles. The zero-order valence-corrected chi connectivity index (χ0v) is 9.48. The highest BCUT2D eigenvalue weighted by Gasteiger charge is 1.93. The summed E-state index contributed by atoms with van der Waals surface area (Å²) in [5.74, 6) is -0.337. The third-order valence-electron chi connectivity index (χ3n) is 2.23. The van der Waals surface area contributed by atoms with Gasteiger partial charge in [0, 0.05) is 6.08 Å². The minimum atomic E-state index is -0.337. The molecule has 0 N–H and O–H groups in total. The fraction of sp³-hybridized carbons (Fsp3) is 0.214. The Morgan fingerprint density at radius 3 is 2.62 bits per heavy atom. The third-order valence-corrected chi connectivity index (χ3v) is 2.23. The summed E-state index contributed by atoms with van der Waals surface area (Å²) in [4.78, 5) is 10.9. The molecule has 16 heavy (non-hydrogen) atoms. The molecule has 0 radical (unpaired) electrons. The van der Waals surface area contributed by atoms with Crippen LogP contribution in [0.1, 0.15) is 17.5 Å². The minimum absolute atomic E-state index is 0.337. The summed E-state index contributed by atoms with van der Waals surface area (Å²) in [7, 11) is 1.37. The molecule has 2 heteroatoms. The van der Waals surface area contributed by atoms with E-state index < -0.39 is 0 Å². The number of carbonyl (C=O) groups is 1. The zero-order valence-electron chi connectivity index (χ0n) is 9.48. The van der Waals surface area contributed by atoms with Crippen LogP contribution in [0.2, 0.25) is 0 Å². The van der Waals surface area contributed by atoms with Crippen LogP contribution in [0.15, 0.2) is 43.0 Å². The highest BCUT2D eigenvalue weighted by molar-refractivity contribution is 5.86. The van der Waals surface area contributed by atoms with Crippen molar-refractivity contribution in [2.45, 2.75) is 12.8 Å². The lowest BCUT2D eigenvalue weighted by molar-refractivity contribution is -0.134. The van der Waals surface area contributed by atoms with E-state index in [1.165, 1.54) is 18.7 Å². The van der Waals surface area contributed by atoms with Gasteiger partial charge in [0.2, 0.25) is 0 Å². The van der Waals surface area contributed by atoms with Crippen molar-refractivity contribution in [3.63, 3.8) is 0 Å². The van der Waals surface area contributed by atoms with E-state index in [-0.39, 0.29) is 5.97 Å². The average molecular weight is 216 g/mol. The Morgan fingerprint density at radius 2 is 2.06 bits per heavy atom. The van der Waals surface area contributed by atoms with Gasteiger partial charge in [0.25, 0.3) is 0 Å². The van der Waals surface area contributed by atoms with Crippen molar-refractivity contribution in [1.82, 2.24) is 0 Å². The van der Waals surface area contributed by atoms with Gasteiger partial charge in [-0.15, -0.1) is 6.58 Å². The summed E-state index contributed by atoms with van der Waals surface area (Å²) >= 11 is 0. The highest BCUT2D eigenvalue weighted by Crippen LogP contribution is 2.08. The topological polar surface area (TPSA) is 26.3 Å². The summed E-state index contributed by atoms with van der Waals surface area (Å²) in [5.41, 5.74) is 2.27. The number of hydrogen-bond donors (Lipinski definition) is 0. The smallest absolute Gasteiger partial charge is 0.330 e. The van der Waals surface area contributed by atoms with Gasteiger partial charge in [0.1, 0.15) is 0 Å². The number of methoxy groups -OCH3 is 1. The Kier molecular flexibility index (Phi) is 5.06. The minimum Gasteiger partial charge on any atom is -0.466 e. The maximum Gasteiger partial charge on any atom is 0.330 e. The number of rotatable bonds is 5. The average Bonchev–Trinajstić information content (AvgIpc) is 2.34. The van der Waals surface area contributed by atoms with E-state index in [1.807, 2.05) is 18.2 Å². The molecule has 2 nitrogen and oxygen atoms in total. The van der Waals surface area contributed by atoms with Gasteiger partial charge in [-0.1, -0.05) is 30.3 Å². The third kappa shape index (κ3) is 4.13. The highest BCUT2D eigenvalue weighted by atomic mass is 16.5. The van der Waals surface area contributed by atoms with Gasteiger partial charge in [-0.25, -0.2) is 4.79 Å². The first-order valence-corrected chi connectivity index (χ1v) is 5.22. The van der Waals surface area contributed by atoms with Crippen LogP contribution >= 0.6 is 0 Å². The summed E-state index contributed by atoms with van der Waals surface area (Å²) in [6, 6.07) is 8.08. The van der Waals surface area contributed by atoms with Crippen molar-refractivity contribution in [1.29, 1.82) is 0 Å². The van der Waals surface area contributed by atoms with Gasteiger partial charge < -0.3 is 4.74 Å². The Hall–Kier alpha value is -1.83. The molecule has 0 fully saturated rings. The fourth-order valence-electron chi connectivity index (χ4n) is 1.30. The Labute approximate surface area is 96.2 Å². The number of benzene rings is 1. The first kappa shape index (κ1) is 12.2. The standard InChI is InChI=1S/C14H16O2/c1-3-4-5-12-6-8-13(9-7-12)10-11-14(15)16-2/h3,6-11H,1,4-5H2,2H3/b11-10+. The fourth-order valence-corrected chi connectivity index (χ4v) is 1.30. The molecular weight excluding hydrogens is 200 g/mol. The summed E-state index contributed by atoms with van der Waals surface area (Å²) < 4.78 is 4.51. The van der Waals surface area contributed by atoms with Gasteiger partial charge in [-0.3, -0.25) is 0 Å². The van der Waals surface area contributed by atoms with E-state index >= 15 is 0 Å². The molecule has 1 rings (SSSR count). The van der Waals surface area contributed by atoms with E-state index in [4.69, 9.17) is 0 Å². The lowest BCUT2D eigenvalue weighted by atomic mass is 10.1. The van der Waals surface area contributed by atoms with Crippen LogP contribution in [0.3, 0.4) is 0 Å². The molecule has 0 atom stereocenters. The van der Waals surface area contributed by atoms with Gasteiger partial charge in [0.05, 0.1) is 7.11 Å². The van der Waals surface area contributed by atoms with Gasteiger partial charge >= 0.3 is 5.97 Å². The molecule has 0 aliphatic heterocycles. The zero-order chi connectivity index (χ0) is 11.8. The Bertz CT molecular complexity index is 374. The number of aryl methyl sites for hydroxylation is 1. The van der Waals surface area contributed by atoms with Crippen molar-refractivity contribution >= 4 is 12.0 Å². The molecule has 0 aromatic heterocycles. The monoisotopic (exact) mass is 216 g/mol. The lowest BCUT2D eigenvalue weighted by Crippen LogP contribution is -1.93. The summed E-state index contributed by atoms with van der Waals surface area (Å²) in [5, 5.41) is 0. The second-order valence-electron chi connectivity index (χ2n) is 3.43. The van der Waals surface area contributed by atoms with Gasteiger partial charge in [0.15, 0.2) is 0 Å². The Morgan fingerprint density at radius 1 is 1.38 bits per heavy atom. The predicted molar refractivity (Wildman–Crippen MR) is 66.0 cm³/mol. The van der Waals surface area contributed by atoms with Gasteiger partial charge in [-0.2, -0.15) is 0 Å². The van der Waals surface area contributed by atoms with E-state index in [1.54, 1.807) is 6.08 Å². The van der Waals surface area contributed by atoms with Crippen LogP contribution in [0.25, 0.3) is 6.08 Å². The van der Waals surface area contributed by atoms with E-state index in [2.05, 4.69) is 23.4 Å². The molecule has 0 saturated heterocycles. The summed E-state index contributed by atoms with van der Waals surface area (Å²) in [6.45, 7) is 3.69. The van der Waals surface area contributed by atoms with Crippen LogP contribution in [-0.2, 0) is 16.0 Å². The van der Waals surface area contributed by atoms with Crippen molar-refractivity contribution in [2.24, 2.45) is 0 Å². The normalized spacial score (nSPS) is 10.3. The van der Waals surface area contributed by atoms with Crippen LogP contribution in [0, 0.1) is 0 Å². The maximum atomic E-state index is 10.9. The van der Waals surface area contributed by atoms with E-state index in [0.717, 1.165) is 18.4 Å². The number of ether oxygens (including phenoxy) is 1. The molecule has 1 aromatic carbocycles. The van der Waals surface area contributed by atoms with E-state index in [0.29, 0.717) is 0 Å². The van der Waals surface area contributed by atoms with Gasteiger partial charge in [-0.05, 0) is 30.0 Å². The molecule has 0 aliphatic rings. The first-order valence-electron chi connectivity index (χ1n) is 5.22. The Balaban J connectivity index is 2.60. The number of esters is 1. The van der Waals surface area contributed by atoms with Crippen LogP contribution < -0.4 is 0 Å². The molecule has 1 aromatic rings. The molecule has 0 aliphatic carbocycles. The number of carbonyl (C=O) groups excluding carboxylic acids is 1. The van der Waals surface area contributed by atoms with Crippen LogP contribution in [0.5, 0.6) is 0 Å². The van der Waals surface area contributed by atoms with Crippen LogP contribution in [-0.4, -0.2) is 13.1 Å². The lowest BCUT2D eigenvalue weighted by Gasteiger charge is -1.99. The predicted octanol–water partition coefficient (Wildman–Crippen LogP) is 2.99. The quantitative estimate of drug-likeness (QED) is 0.429. The largest absolute Gasteiger partial charge is 0.466 e. The number of allylic oxidation sites excluding steroid dienone is 1. The molecule has 0 bridgehead atoms. The second kappa shape index (κ2) is 6.62. The molecule has 0 spiro atoms. The molecule has 0 saturated carbocycles. The van der Waals surface area contributed by atoms with Crippen molar-refractivity contribution in [2.75, 3.05) is 7.11 Å². The van der Waals surface area contributed by atoms with Crippen molar-refractivity contribution in [3.05, 3.63) is 54.1 Å². The maximum absolute atomic E-state index is 10.9. The van der Waals surface area contributed by atoms with E-state index in [9.17, 15) is 4.79 Å². The van der Waals surface area contributed by atoms with Crippen LogP contribution in [0.4, 0.5) is 0 Å². The van der Waals surface area contributed by atoms with Crippen molar-refractivity contribution < 1.29 is 9.53 Å². The summed E-state index contributed by atoms with van der Waals surface area (Å²) in [6.07, 6.45) is 7.05. The second-order valence-corrected chi connectivity index (χ2v) is 3.43. The van der Waals surface area contributed by atoms with Crippen molar-refractivity contribution in [3.8, 4) is 0 Å². The molecule has 0 unspecified atom stereocenters. The first-order chi connectivity index (χ1) is 7.76. The molecule has 84 valence electrons. The molecule has 0 amide bonds.